The van der Waals surface area contributed by atoms with E-state index >= 15 is 0 Å². The SMILES string of the molecule is CC(C)(C)OC1OC1NC1(C(=O)O)CCOCC1. The lowest BCUT2D eigenvalue weighted by molar-refractivity contribution is -0.149. The van der Waals surface area contributed by atoms with Gasteiger partial charge in [0.15, 0.2) is 12.5 Å². The van der Waals surface area contributed by atoms with E-state index in [1.807, 2.05) is 20.8 Å². The molecule has 2 fully saturated rings. The van der Waals surface area contributed by atoms with Crippen LogP contribution in [0, 0.1) is 0 Å². The molecule has 0 amide bonds. The van der Waals surface area contributed by atoms with Crippen molar-refractivity contribution in [3.8, 4) is 0 Å². The minimum absolute atomic E-state index is 0.298. The largest absolute Gasteiger partial charge is 0.480 e. The molecule has 6 heteroatoms. The van der Waals surface area contributed by atoms with Crippen molar-refractivity contribution in [3.63, 3.8) is 0 Å². The van der Waals surface area contributed by atoms with Crippen molar-refractivity contribution in [3.05, 3.63) is 0 Å². The van der Waals surface area contributed by atoms with Crippen molar-refractivity contribution in [2.75, 3.05) is 13.2 Å². The molecular weight excluding hydrogens is 238 g/mol. The fourth-order valence-electron chi connectivity index (χ4n) is 2.05. The Morgan fingerprint density at radius 1 is 1.39 bits per heavy atom. The maximum atomic E-state index is 11.4. The van der Waals surface area contributed by atoms with E-state index in [9.17, 15) is 9.90 Å². The van der Waals surface area contributed by atoms with Crippen molar-refractivity contribution >= 4 is 5.97 Å². The lowest BCUT2D eigenvalue weighted by atomic mass is 9.90. The number of carboxylic acid groups (broad SMARTS) is 1. The van der Waals surface area contributed by atoms with E-state index in [0.717, 1.165) is 0 Å². The molecule has 2 N–H and O–H groups in total. The first-order valence-electron chi connectivity index (χ1n) is 6.25. The van der Waals surface area contributed by atoms with Gasteiger partial charge in [-0.1, -0.05) is 0 Å². The zero-order valence-electron chi connectivity index (χ0n) is 11.1. The van der Waals surface area contributed by atoms with Gasteiger partial charge >= 0.3 is 5.97 Å². The molecule has 6 nitrogen and oxygen atoms in total. The highest BCUT2D eigenvalue weighted by molar-refractivity contribution is 5.79. The van der Waals surface area contributed by atoms with Gasteiger partial charge in [0.05, 0.1) is 5.60 Å². The van der Waals surface area contributed by atoms with Crippen LogP contribution in [0.25, 0.3) is 0 Å². The Morgan fingerprint density at radius 3 is 2.50 bits per heavy atom. The second-order valence-corrected chi connectivity index (χ2v) is 5.80. The second kappa shape index (κ2) is 4.77. The molecule has 0 aromatic carbocycles. The molecule has 2 aliphatic rings. The zero-order chi connectivity index (χ0) is 13.4. The van der Waals surface area contributed by atoms with Crippen LogP contribution >= 0.6 is 0 Å². The molecule has 2 rings (SSSR count). The Bertz CT molecular complexity index is 319. The molecule has 0 aromatic heterocycles. The third-order valence-corrected chi connectivity index (χ3v) is 3.10. The average molecular weight is 259 g/mol. The van der Waals surface area contributed by atoms with Gasteiger partial charge in [0.25, 0.3) is 0 Å². The van der Waals surface area contributed by atoms with Crippen molar-refractivity contribution in [2.24, 2.45) is 0 Å². The van der Waals surface area contributed by atoms with Gasteiger partial charge in [0.2, 0.25) is 0 Å². The topological polar surface area (TPSA) is 80.3 Å². The smallest absolute Gasteiger partial charge is 0.324 e. The van der Waals surface area contributed by atoms with Crippen molar-refractivity contribution in [2.45, 2.75) is 57.3 Å². The summed E-state index contributed by atoms with van der Waals surface area (Å²) in [5.41, 5.74) is -1.24. The number of aliphatic carboxylic acids is 1. The molecule has 0 radical (unpaired) electrons. The summed E-state index contributed by atoms with van der Waals surface area (Å²) in [6.45, 7) is 6.72. The number of carboxylic acids is 1. The van der Waals surface area contributed by atoms with Crippen LogP contribution < -0.4 is 5.32 Å². The summed E-state index contributed by atoms with van der Waals surface area (Å²) in [4.78, 5) is 11.4. The Morgan fingerprint density at radius 2 is 2.00 bits per heavy atom. The summed E-state index contributed by atoms with van der Waals surface area (Å²) in [6, 6.07) is 0. The van der Waals surface area contributed by atoms with Gasteiger partial charge in [-0.25, -0.2) is 0 Å². The highest BCUT2D eigenvalue weighted by atomic mass is 16.8. The molecule has 2 aliphatic heterocycles. The van der Waals surface area contributed by atoms with Crippen molar-refractivity contribution in [1.82, 2.24) is 5.32 Å². The Hall–Kier alpha value is -0.690. The van der Waals surface area contributed by atoms with Crippen LogP contribution in [0.15, 0.2) is 0 Å². The number of rotatable bonds is 4. The van der Waals surface area contributed by atoms with Crippen molar-refractivity contribution in [1.29, 1.82) is 0 Å². The maximum absolute atomic E-state index is 11.4. The third-order valence-electron chi connectivity index (χ3n) is 3.10. The van der Waals surface area contributed by atoms with Gasteiger partial charge in [0.1, 0.15) is 5.54 Å². The van der Waals surface area contributed by atoms with E-state index < -0.39 is 11.5 Å². The monoisotopic (exact) mass is 259 g/mol. The Balaban J connectivity index is 1.90. The summed E-state index contributed by atoms with van der Waals surface area (Å²) < 4.78 is 16.2. The number of hydrogen-bond donors (Lipinski definition) is 2. The Kier molecular flexibility index (Phi) is 3.64. The lowest BCUT2D eigenvalue weighted by Gasteiger charge is -2.33. The molecular formula is C12H21NO5. The summed E-state index contributed by atoms with van der Waals surface area (Å²) in [6.07, 6.45) is 0.206. The predicted molar refractivity (Wildman–Crippen MR) is 63.1 cm³/mol. The summed E-state index contributed by atoms with van der Waals surface area (Å²) in [7, 11) is 0. The quantitative estimate of drug-likeness (QED) is 0.724. The molecule has 0 aromatic rings. The van der Waals surface area contributed by atoms with Gasteiger partial charge in [0, 0.05) is 13.2 Å². The summed E-state index contributed by atoms with van der Waals surface area (Å²) >= 11 is 0. The molecule has 2 heterocycles. The minimum atomic E-state index is -0.946. The first-order valence-corrected chi connectivity index (χ1v) is 6.25. The number of nitrogens with one attached hydrogen (secondary N) is 1. The minimum Gasteiger partial charge on any atom is -0.480 e. The molecule has 2 atom stereocenters. The van der Waals surface area contributed by atoms with Gasteiger partial charge in [-0.2, -0.15) is 0 Å². The highest BCUT2D eigenvalue weighted by Crippen LogP contribution is 2.31. The molecule has 0 saturated carbocycles. The van der Waals surface area contributed by atoms with E-state index in [0.29, 0.717) is 26.1 Å². The average Bonchev–Trinajstić information content (AvgIpc) is 2.94. The maximum Gasteiger partial charge on any atom is 0.324 e. The fraction of sp³-hybridized carbons (Fsp3) is 0.917. The van der Waals surface area contributed by atoms with E-state index in [2.05, 4.69) is 5.32 Å². The normalized spacial score (nSPS) is 31.1. The molecule has 2 saturated heterocycles. The van der Waals surface area contributed by atoms with Crippen LogP contribution in [-0.2, 0) is 19.0 Å². The van der Waals surface area contributed by atoms with E-state index in [1.165, 1.54) is 0 Å². The molecule has 2 unspecified atom stereocenters. The van der Waals surface area contributed by atoms with Crippen LogP contribution in [-0.4, -0.2) is 47.9 Å². The van der Waals surface area contributed by atoms with Crippen molar-refractivity contribution < 1.29 is 24.1 Å². The standard InChI is InChI=1S/C12H21NO5/c1-11(2,3)18-9-8(17-9)13-12(10(14)15)4-6-16-7-5-12/h8-9,13H,4-7H2,1-3H3,(H,14,15). The van der Waals surface area contributed by atoms with Gasteiger partial charge < -0.3 is 19.3 Å². The van der Waals surface area contributed by atoms with Crippen LogP contribution in [0.5, 0.6) is 0 Å². The predicted octanol–water partition coefficient (Wildman–Crippen LogP) is 0.707. The highest BCUT2D eigenvalue weighted by Gasteiger charge is 2.51. The fourth-order valence-corrected chi connectivity index (χ4v) is 2.05. The van der Waals surface area contributed by atoms with E-state index in [4.69, 9.17) is 14.2 Å². The van der Waals surface area contributed by atoms with Crippen LogP contribution in [0.3, 0.4) is 0 Å². The van der Waals surface area contributed by atoms with Crippen LogP contribution in [0.1, 0.15) is 33.6 Å². The second-order valence-electron chi connectivity index (χ2n) is 5.80. The van der Waals surface area contributed by atoms with E-state index in [1.54, 1.807) is 0 Å². The molecule has 0 bridgehead atoms. The van der Waals surface area contributed by atoms with Gasteiger partial charge in [-0.3, -0.25) is 10.1 Å². The molecule has 0 aliphatic carbocycles. The summed E-state index contributed by atoms with van der Waals surface area (Å²) in [5.74, 6) is -0.851. The molecule has 18 heavy (non-hydrogen) atoms. The number of epoxide rings is 1. The first-order chi connectivity index (χ1) is 8.32. The summed E-state index contributed by atoms with van der Waals surface area (Å²) in [5, 5.41) is 12.4. The number of hydrogen-bond acceptors (Lipinski definition) is 5. The number of ether oxygens (including phenoxy) is 3. The molecule has 0 spiro atoms. The zero-order valence-corrected chi connectivity index (χ0v) is 11.1. The Labute approximate surface area is 107 Å². The van der Waals surface area contributed by atoms with E-state index in [-0.39, 0.29) is 18.1 Å². The van der Waals surface area contributed by atoms with Gasteiger partial charge in [-0.05, 0) is 33.6 Å². The molecule has 104 valence electrons. The van der Waals surface area contributed by atoms with Crippen LogP contribution in [0.2, 0.25) is 0 Å². The first kappa shape index (κ1) is 13.7. The van der Waals surface area contributed by atoms with Gasteiger partial charge in [-0.15, -0.1) is 0 Å². The number of carbonyl (C=O) groups is 1. The van der Waals surface area contributed by atoms with Crippen LogP contribution in [0.4, 0.5) is 0 Å². The lowest BCUT2D eigenvalue weighted by Crippen LogP contribution is -2.57. The third kappa shape index (κ3) is 3.20.